The van der Waals surface area contributed by atoms with Crippen LogP contribution in [0.15, 0.2) is 53.1 Å². The molecule has 0 bridgehead atoms. The first kappa shape index (κ1) is 20.0. The zero-order valence-corrected chi connectivity index (χ0v) is 15.8. The number of furan rings is 1. The number of ether oxygens (including phenoxy) is 3. The zero-order chi connectivity index (χ0) is 20.6. The van der Waals surface area contributed by atoms with Gasteiger partial charge in [0.15, 0.2) is 12.3 Å². The van der Waals surface area contributed by atoms with Crippen LogP contribution < -0.4 is 5.32 Å². The highest BCUT2D eigenvalue weighted by atomic mass is 16.6. The summed E-state index contributed by atoms with van der Waals surface area (Å²) in [6, 6.07) is 12.3. The lowest BCUT2D eigenvalue weighted by Gasteiger charge is -2.11. The summed E-state index contributed by atoms with van der Waals surface area (Å²) in [4.78, 5) is 35.7. The first-order valence-corrected chi connectivity index (χ1v) is 8.92. The molecule has 3 aromatic rings. The van der Waals surface area contributed by atoms with Crippen molar-refractivity contribution in [3.8, 4) is 0 Å². The Balaban J connectivity index is 1.50. The molecule has 1 N–H and O–H groups in total. The molecule has 9 heteroatoms. The van der Waals surface area contributed by atoms with Gasteiger partial charge in [-0.15, -0.1) is 0 Å². The van der Waals surface area contributed by atoms with Gasteiger partial charge in [0.2, 0.25) is 0 Å². The van der Waals surface area contributed by atoms with Crippen LogP contribution in [0, 0.1) is 0 Å². The molecule has 152 valence electrons. The molecule has 9 nitrogen and oxygen atoms in total. The molecule has 0 spiro atoms. The molecular formula is C20H20N2O7. The summed E-state index contributed by atoms with van der Waals surface area (Å²) < 4.78 is 21.9. The van der Waals surface area contributed by atoms with Crippen molar-refractivity contribution in [3.05, 3.63) is 60.0 Å². The van der Waals surface area contributed by atoms with Gasteiger partial charge in [-0.05, 0) is 12.5 Å². The highest BCUT2D eigenvalue weighted by Crippen LogP contribution is 2.22. The Hall–Kier alpha value is -3.75. The van der Waals surface area contributed by atoms with E-state index in [4.69, 9.17) is 18.6 Å². The summed E-state index contributed by atoms with van der Waals surface area (Å²) in [5.74, 6) is -1.25. The lowest BCUT2D eigenvalue weighted by atomic mass is 10.2. The molecule has 0 unspecified atom stereocenters. The third-order valence-corrected chi connectivity index (χ3v) is 3.95. The third kappa shape index (κ3) is 5.16. The van der Waals surface area contributed by atoms with Crippen molar-refractivity contribution in [1.29, 1.82) is 0 Å². The van der Waals surface area contributed by atoms with Gasteiger partial charge in [0.1, 0.15) is 18.8 Å². The van der Waals surface area contributed by atoms with Crippen LogP contribution in [-0.2, 0) is 32.3 Å². The van der Waals surface area contributed by atoms with Gasteiger partial charge in [-0.3, -0.25) is 9.36 Å². The molecule has 2 heterocycles. The number of hydrogen-bond acceptors (Lipinski definition) is 7. The van der Waals surface area contributed by atoms with Crippen LogP contribution >= 0.6 is 0 Å². The average Bonchev–Trinajstić information content (AvgIpc) is 3.32. The minimum atomic E-state index is -0.740. The molecule has 0 aliphatic heterocycles. The van der Waals surface area contributed by atoms with Crippen molar-refractivity contribution < 1.29 is 33.0 Å². The Morgan fingerprint density at radius 1 is 1.07 bits per heavy atom. The van der Waals surface area contributed by atoms with E-state index in [-0.39, 0.29) is 32.2 Å². The van der Waals surface area contributed by atoms with Gasteiger partial charge in [0.25, 0.3) is 0 Å². The van der Waals surface area contributed by atoms with Crippen LogP contribution in [0.4, 0.5) is 4.79 Å². The van der Waals surface area contributed by atoms with Gasteiger partial charge in [0, 0.05) is 12.1 Å². The summed E-state index contributed by atoms with van der Waals surface area (Å²) in [5.41, 5.74) is 2.07. The van der Waals surface area contributed by atoms with Crippen LogP contribution in [-0.4, -0.2) is 35.8 Å². The summed E-state index contributed by atoms with van der Waals surface area (Å²) in [6.07, 6.45) is 0.721. The minimum absolute atomic E-state index is 0.0897. The van der Waals surface area contributed by atoms with Crippen molar-refractivity contribution >= 4 is 29.1 Å². The smallest absolute Gasteiger partial charge is 0.407 e. The zero-order valence-electron chi connectivity index (χ0n) is 15.8. The SMILES string of the molecule is CCOC(=O)c1cc2occc2n1COC(=O)CNC(=O)OCc1ccccc1. The first-order valence-electron chi connectivity index (χ1n) is 8.92. The van der Waals surface area contributed by atoms with Gasteiger partial charge >= 0.3 is 18.0 Å². The van der Waals surface area contributed by atoms with Crippen molar-refractivity contribution in [3.63, 3.8) is 0 Å². The molecule has 1 aromatic carbocycles. The van der Waals surface area contributed by atoms with Gasteiger partial charge < -0.3 is 23.9 Å². The van der Waals surface area contributed by atoms with Gasteiger partial charge in [-0.1, -0.05) is 30.3 Å². The molecule has 1 amide bonds. The Bertz CT molecular complexity index is 991. The largest absolute Gasteiger partial charge is 0.463 e. The molecule has 0 aliphatic rings. The van der Waals surface area contributed by atoms with Crippen LogP contribution in [0.25, 0.3) is 11.1 Å². The Morgan fingerprint density at radius 3 is 2.62 bits per heavy atom. The van der Waals surface area contributed by atoms with E-state index < -0.39 is 18.0 Å². The minimum Gasteiger partial charge on any atom is -0.463 e. The van der Waals surface area contributed by atoms with E-state index >= 15 is 0 Å². The van der Waals surface area contributed by atoms with Crippen molar-refractivity contribution in [2.24, 2.45) is 0 Å². The molecule has 29 heavy (non-hydrogen) atoms. The third-order valence-electron chi connectivity index (χ3n) is 3.95. The number of carbonyl (C=O) groups excluding carboxylic acids is 3. The topological polar surface area (TPSA) is 109 Å². The fourth-order valence-electron chi connectivity index (χ4n) is 2.60. The maximum Gasteiger partial charge on any atom is 0.407 e. The Morgan fingerprint density at radius 2 is 1.86 bits per heavy atom. The molecule has 0 radical (unpaired) electrons. The first-order chi connectivity index (χ1) is 14.1. The molecule has 0 saturated carbocycles. The number of alkyl carbamates (subject to hydrolysis) is 1. The fraction of sp³-hybridized carbons (Fsp3) is 0.250. The number of nitrogens with one attached hydrogen (secondary N) is 1. The fourth-order valence-corrected chi connectivity index (χ4v) is 2.60. The number of carbonyl (C=O) groups is 3. The second-order valence-electron chi connectivity index (χ2n) is 5.91. The maximum atomic E-state index is 12.1. The predicted octanol–water partition coefficient (Wildman–Crippen LogP) is 2.84. The van der Waals surface area contributed by atoms with E-state index in [9.17, 15) is 14.4 Å². The average molecular weight is 400 g/mol. The molecule has 0 aliphatic carbocycles. The van der Waals surface area contributed by atoms with Crippen LogP contribution in [0.1, 0.15) is 23.0 Å². The van der Waals surface area contributed by atoms with Crippen LogP contribution in [0.2, 0.25) is 0 Å². The number of hydrogen-bond donors (Lipinski definition) is 1. The standard InChI is InChI=1S/C20H20N2O7/c1-2-26-19(24)16-10-17-15(8-9-27-17)22(16)13-29-18(23)11-21-20(25)28-12-14-6-4-3-5-7-14/h3-10H,2,11-13H2,1H3,(H,21,25). The lowest BCUT2D eigenvalue weighted by molar-refractivity contribution is -0.146. The van der Waals surface area contributed by atoms with E-state index in [1.54, 1.807) is 13.0 Å². The molecule has 2 aromatic heterocycles. The number of amides is 1. The summed E-state index contributed by atoms with van der Waals surface area (Å²) >= 11 is 0. The Kier molecular flexibility index (Phi) is 6.51. The molecule has 0 saturated heterocycles. The van der Waals surface area contributed by atoms with Crippen molar-refractivity contribution in [2.45, 2.75) is 20.3 Å². The van der Waals surface area contributed by atoms with E-state index in [1.165, 1.54) is 16.9 Å². The van der Waals surface area contributed by atoms with E-state index in [2.05, 4.69) is 5.32 Å². The number of nitrogens with zero attached hydrogens (tertiary/aromatic N) is 1. The maximum absolute atomic E-state index is 12.1. The van der Waals surface area contributed by atoms with Gasteiger partial charge in [-0.2, -0.15) is 0 Å². The monoisotopic (exact) mass is 400 g/mol. The number of esters is 2. The van der Waals surface area contributed by atoms with E-state index in [0.29, 0.717) is 11.1 Å². The predicted molar refractivity (Wildman–Crippen MR) is 101 cm³/mol. The summed E-state index contributed by atoms with van der Waals surface area (Å²) in [5, 5.41) is 2.32. The van der Waals surface area contributed by atoms with Crippen molar-refractivity contribution in [2.75, 3.05) is 13.2 Å². The van der Waals surface area contributed by atoms with Gasteiger partial charge in [0.05, 0.1) is 18.4 Å². The van der Waals surface area contributed by atoms with E-state index in [1.807, 2.05) is 30.3 Å². The van der Waals surface area contributed by atoms with Crippen LogP contribution in [0.3, 0.4) is 0 Å². The number of fused-ring (bicyclic) bond motifs is 1. The summed E-state index contributed by atoms with van der Waals surface area (Å²) in [7, 11) is 0. The second-order valence-corrected chi connectivity index (χ2v) is 5.91. The quantitative estimate of drug-likeness (QED) is 0.457. The molecular weight excluding hydrogens is 380 g/mol. The summed E-state index contributed by atoms with van der Waals surface area (Å²) in [6.45, 7) is 1.37. The van der Waals surface area contributed by atoms with Crippen molar-refractivity contribution in [1.82, 2.24) is 9.88 Å². The normalized spacial score (nSPS) is 10.5. The highest BCUT2D eigenvalue weighted by molar-refractivity contribution is 5.94. The Labute approximate surface area is 166 Å². The van der Waals surface area contributed by atoms with Gasteiger partial charge in [-0.25, -0.2) is 9.59 Å². The lowest BCUT2D eigenvalue weighted by Crippen LogP contribution is -2.31. The molecule has 0 atom stereocenters. The molecule has 3 rings (SSSR count). The molecule has 0 fully saturated rings. The van der Waals surface area contributed by atoms with Crippen LogP contribution in [0.5, 0.6) is 0 Å². The second kappa shape index (κ2) is 9.45. The van der Waals surface area contributed by atoms with E-state index in [0.717, 1.165) is 5.56 Å². The number of aromatic nitrogens is 1. The highest BCUT2D eigenvalue weighted by Gasteiger charge is 2.19. The number of rotatable bonds is 8. The number of benzene rings is 1.